The molecule has 0 aromatic heterocycles. The Kier molecular flexibility index (Phi) is 324. The van der Waals surface area contributed by atoms with Crippen LogP contribution < -0.4 is 0 Å². The molecule has 0 spiro atoms. The maximum Gasteiger partial charge on any atom is 4.00 e. The molecule has 9 heavy (non-hydrogen) atoms. The van der Waals surface area contributed by atoms with Crippen LogP contribution in [0.3, 0.4) is 0 Å². The molecule has 8 nitrogen and oxygen atoms in total. The SMILES string of the molecule is O.O.O=[N+]([O-])O.[O-2].[O-2].[Zr+4]. The van der Waals surface area contributed by atoms with Crippen LogP contribution in [-0.2, 0) is 37.2 Å². The van der Waals surface area contributed by atoms with Crippen LogP contribution in [0.1, 0.15) is 0 Å². The van der Waals surface area contributed by atoms with E-state index in [0.717, 1.165) is 0 Å². The van der Waals surface area contributed by atoms with Crippen molar-refractivity contribution in [3.05, 3.63) is 10.1 Å². The van der Waals surface area contributed by atoms with Gasteiger partial charge in [-0.15, -0.1) is 10.1 Å². The number of hydrogen-bond donors (Lipinski definition) is 1. The zero-order valence-electron chi connectivity index (χ0n) is 4.03. The summed E-state index contributed by atoms with van der Waals surface area (Å²) in [5, 5.41) is 13.6. The summed E-state index contributed by atoms with van der Waals surface area (Å²) in [6.07, 6.45) is 0. The molecule has 0 aromatic rings. The summed E-state index contributed by atoms with van der Waals surface area (Å²) < 4.78 is 0. The predicted molar refractivity (Wildman–Crippen MR) is 17.4 cm³/mol. The first-order chi connectivity index (χ1) is 1.73. The number of rotatable bonds is 0. The molecule has 0 aliphatic heterocycles. The maximum atomic E-state index is 8.36. The molecule has 0 aliphatic carbocycles. The zero-order chi connectivity index (χ0) is 3.58. The van der Waals surface area contributed by atoms with E-state index in [2.05, 4.69) is 0 Å². The Morgan fingerprint density at radius 3 is 1.22 bits per heavy atom. The fourth-order valence-electron chi connectivity index (χ4n) is 0. The monoisotopic (exact) mass is 221 g/mol. The molecule has 5 N–H and O–H groups in total. The third-order valence-corrected chi connectivity index (χ3v) is 0. The Bertz CT molecular complexity index is 31.9. The quantitative estimate of drug-likeness (QED) is 0.359. The summed E-state index contributed by atoms with van der Waals surface area (Å²) in [4.78, 5) is 8.36. The fraction of sp³-hybridized carbons (Fsp3) is 0. The van der Waals surface area contributed by atoms with Crippen molar-refractivity contribution in [1.29, 1.82) is 0 Å². The second kappa shape index (κ2) is 44.4. The van der Waals surface area contributed by atoms with Gasteiger partial charge in [-0.2, -0.15) is 0 Å². The Morgan fingerprint density at radius 1 is 1.22 bits per heavy atom. The van der Waals surface area contributed by atoms with Gasteiger partial charge in [0.1, 0.15) is 0 Å². The molecular weight excluding hydrogens is 217 g/mol. The van der Waals surface area contributed by atoms with Crippen LogP contribution in [0, 0.1) is 10.1 Å². The standard InChI is InChI=1S/HNO3.2H2O.2O.Zr/c2-1(3)4;;;;;/h(H,2,3,4);2*1H2;;;/q;;;2*-2;+4. The number of nitrogens with zero attached hydrogens (tertiary/aromatic N) is 1. The van der Waals surface area contributed by atoms with E-state index in [9.17, 15) is 0 Å². The second-order valence-electron chi connectivity index (χ2n) is 0.238. The van der Waals surface area contributed by atoms with Crippen molar-refractivity contribution in [2.45, 2.75) is 0 Å². The molecule has 0 aliphatic rings. The van der Waals surface area contributed by atoms with Gasteiger partial charge in [-0.3, -0.25) is 0 Å². The van der Waals surface area contributed by atoms with Crippen LogP contribution in [0.4, 0.5) is 0 Å². The van der Waals surface area contributed by atoms with Gasteiger partial charge >= 0.3 is 26.2 Å². The van der Waals surface area contributed by atoms with Crippen LogP contribution in [0.5, 0.6) is 0 Å². The molecule has 0 bridgehead atoms. The molecule has 0 amide bonds. The van der Waals surface area contributed by atoms with Crippen molar-refractivity contribution >= 4 is 0 Å². The summed E-state index contributed by atoms with van der Waals surface area (Å²) in [6, 6.07) is 0. The summed E-state index contributed by atoms with van der Waals surface area (Å²) in [6.45, 7) is 0. The smallest absolute Gasteiger partial charge is 2.00 e. The minimum Gasteiger partial charge on any atom is -2.00 e. The Morgan fingerprint density at radius 2 is 1.22 bits per heavy atom. The normalized spacial score (nSPS) is 2.67. The fourth-order valence-corrected chi connectivity index (χ4v) is 0. The van der Waals surface area contributed by atoms with Crippen LogP contribution in [0.15, 0.2) is 0 Å². The minimum absolute atomic E-state index is 0. The molecular formula is H5NO7Zr. The van der Waals surface area contributed by atoms with Gasteiger partial charge in [0.25, 0.3) is 5.09 Å². The van der Waals surface area contributed by atoms with Crippen molar-refractivity contribution in [1.82, 2.24) is 0 Å². The van der Waals surface area contributed by atoms with Crippen molar-refractivity contribution in [3.8, 4) is 0 Å². The van der Waals surface area contributed by atoms with Gasteiger partial charge in [0, 0.05) is 0 Å². The average molecular weight is 222 g/mol. The van der Waals surface area contributed by atoms with E-state index in [1.807, 2.05) is 0 Å². The van der Waals surface area contributed by atoms with Gasteiger partial charge in [0.15, 0.2) is 0 Å². The van der Waals surface area contributed by atoms with Crippen molar-refractivity contribution in [3.63, 3.8) is 0 Å². The van der Waals surface area contributed by atoms with E-state index in [0.29, 0.717) is 0 Å². The molecule has 0 unspecified atom stereocenters. The third-order valence-electron chi connectivity index (χ3n) is 0. The number of hydrogen-bond acceptors (Lipinski definition) is 2. The van der Waals surface area contributed by atoms with E-state index >= 15 is 0 Å². The molecule has 0 fully saturated rings. The van der Waals surface area contributed by atoms with Crippen molar-refractivity contribution in [2.75, 3.05) is 0 Å². The van der Waals surface area contributed by atoms with Crippen LogP contribution in [0.2, 0.25) is 0 Å². The van der Waals surface area contributed by atoms with Crippen LogP contribution in [0.25, 0.3) is 0 Å². The van der Waals surface area contributed by atoms with Crippen LogP contribution in [-0.4, -0.2) is 21.2 Å². The van der Waals surface area contributed by atoms with Gasteiger partial charge < -0.3 is 27.1 Å². The van der Waals surface area contributed by atoms with Gasteiger partial charge in [0.05, 0.1) is 0 Å². The Hall–Kier alpha value is -0.0769. The van der Waals surface area contributed by atoms with Gasteiger partial charge in [0.2, 0.25) is 0 Å². The van der Waals surface area contributed by atoms with E-state index < -0.39 is 5.09 Å². The largest absolute Gasteiger partial charge is 4.00 e. The van der Waals surface area contributed by atoms with E-state index in [1.54, 1.807) is 0 Å². The zero-order valence-corrected chi connectivity index (χ0v) is 6.49. The molecule has 0 aromatic carbocycles. The summed E-state index contributed by atoms with van der Waals surface area (Å²) in [5.41, 5.74) is 0. The molecule has 0 radical (unpaired) electrons. The first kappa shape index (κ1) is 65.6. The van der Waals surface area contributed by atoms with E-state index in [4.69, 9.17) is 15.3 Å². The summed E-state index contributed by atoms with van der Waals surface area (Å²) >= 11 is 0. The Balaban J connectivity index is -0.00000000450. The summed E-state index contributed by atoms with van der Waals surface area (Å²) in [7, 11) is 0. The molecule has 0 saturated heterocycles. The predicted octanol–water partition coefficient (Wildman–Crippen LogP) is -2.24. The van der Waals surface area contributed by atoms with Gasteiger partial charge in [-0.25, -0.2) is 0 Å². The maximum absolute atomic E-state index is 8.36. The molecule has 0 atom stereocenters. The van der Waals surface area contributed by atoms with Crippen LogP contribution >= 0.6 is 0 Å². The summed E-state index contributed by atoms with van der Waals surface area (Å²) in [5.74, 6) is 0. The van der Waals surface area contributed by atoms with Gasteiger partial charge in [-0.1, -0.05) is 0 Å². The van der Waals surface area contributed by atoms with Crippen molar-refractivity contribution in [2.24, 2.45) is 0 Å². The molecule has 0 saturated carbocycles. The first-order valence-corrected chi connectivity index (χ1v) is 0.565. The minimum atomic E-state index is -1.50. The average Bonchev–Trinajstić information content (AvgIpc) is 0.811. The third kappa shape index (κ3) is 47000. The van der Waals surface area contributed by atoms with Gasteiger partial charge in [-0.05, 0) is 0 Å². The molecule has 0 rings (SSSR count). The molecule has 0 heterocycles. The second-order valence-corrected chi connectivity index (χ2v) is 0.238. The van der Waals surface area contributed by atoms with Crippen molar-refractivity contribution < 1.29 is 58.4 Å². The van der Waals surface area contributed by atoms with E-state index in [-0.39, 0.29) is 48.1 Å². The Labute approximate surface area is 68.9 Å². The molecule has 56 valence electrons. The molecule has 9 heteroatoms. The topological polar surface area (TPSA) is 183 Å². The first-order valence-electron chi connectivity index (χ1n) is 0.565. The van der Waals surface area contributed by atoms with E-state index in [1.165, 1.54) is 0 Å².